The largest absolute Gasteiger partial charge is 0.389 e. The molecule has 0 aliphatic heterocycles. The van der Waals surface area contributed by atoms with Gasteiger partial charge in [0, 0.05) is 5.92 Å². The summed E-state index contributed by atoms with van der Waals surface area (Å²) in [5.74, 6) is 1.94. The number of aliphatic hydroxyl groups is 1. The monoisotopic (exact) mass is 194 g/mol. The molecule has 0 bridgehead atoms. The number of hydrogen-bond acceptors (Lipinski definition) is 1. The van der Waals surface area contributed by atoms with Crippen LogP contribution in [0.3, 0.4) is 0 Å². The van der Waals surface area contributed by atoms with Gasteiger partial charge in [0.25, 0.3) is 0 Å². The molecule has 0 spiro atoms. The first kappa shape index (κ1) is 10.2. The van der Waals surface area contributed by atoms with Gasteiger partial charge in [0.15, 0.2) is 0 Å². The second kappa shape index (κ2) is 3.10. The van der Waals surface area contributed by atoms with Crippen molar-refractivity contribution in [2.45, 2.75) is 46.6 Å². The van der Waals surface area contributed by atoms with Gasteiger partial charge < -0.3 is 5.11 Å². The van der Waals surface area contributed by atoms with Crippen molar-refractivity contribution < 1.29 is 5.11 Å². The van der Waals surface area contributed by atoms with Crippen LogP contribution in [0.2, 0.25) is 0 Å². The van der Waals surface area contributed by atoms with E-state index in [1.807, 2.05) is 0 Å². The highest BCUT2D eigenvalue weighted by Crippen LogP contribution is 2.55. The Labute approximate surface area is 87.2 Å². The van der Waals surface area contributed by atoms with Crippen LogP contribution >= 0.6 is 0 Å². The van der Waals surface area contributed by atoms with Crippen LogP contribution in [0.1, 0.15) is 40.5 Å². The summed E-state index contributed by atoms with van der Waals surface area (Å²) in [6.07, 6.45) is 4.42. The summed E-state index contributed by atoms with van der Waals surface area (Å²) in [4.78, 5) is 0. The molecule has 0 amide bonds. The Bertz CT molecular complexity index is 268. The molecule has 5 atom stereocenters. The minimum Gasteiger partial charge on any atom is -0.389 e. The number of allylic oxidation sites excluding steroid dienone is 1. The molecule has 0 aromatic carbocycles. The first-order valence-corrected chi connectivity index (χ1v) is 5.82. The molecule has 2 rings (SSSR count). The Morgan fingerprint density at radius 2 is 2.07 bits per heavy atom. The smallest absolute Gasteiger partial charge is 0.0762 e. The van der Waals surface area contributed by atoms with Crippen molar-refractivity contribution in [1.29, 1.82) is 0 Å². The van der Waals surface area contributed by atoms with E-state index in [2.05, 4.69) is 33.8 Å². The van der Waals surface area contributed by atoms with Gasteiger partial charge in [-0.3, -0.25) is 0 Å². The van der Waals surface area contributed by atoms with E-state index in [1.165, 1.54) is 18.4 Å². The fourth-order valence-electron chi connectivity index (χ4n) is 4.04. The summed E-state index contributed by atoms with van der Waals surface area (Å²) in [5.41, 5.74) is 1.68. The number of rotatable bonds is 0. The highest BCUT2D eigenvalue weighted by Gasteiger charge is 2.50. The van der Waals surface area contributed by atoms with Crippen LogP contribution in [0, 0.1) is 23.2 Å². The summed E-state index contributed by atoms with van der Waals surface area (Å²) in [7, 11) is 0. The van der Waals surface area contributed by atoms with Crippen LogP contribution in [-0.2, 0) is 0 Å². The van der Waals surface area contributed by atoms with E-state index in [1.54, 1.807) is 0 Å². The highest BCUT2D eigenvalue weighted by atomic mass is 16.3. The van der Waals surface area contributed by atoms with Gasteiger partial charge in [-0.05, 0) is 37.0 Å². The highest BCUT2D eigenvalue weighted by molar-refractivity contribution is 5.25. The Hall–Kier alpha value is -0.300. The molecule has 1 N–H and O–H groups in total. The molecule has 0 aromatic rings. The summed E-state index contributed by atoms with van der Waals surface area (Å²) in [6.45, 7) is 9.17. The Morgan fingerprint density at radius 3 is 2.71 bits per heavy atom. The summed E-state index contributed by atoms with van der Waals surface area (Å²) in [6, 6.07) is 0. The molecule has 1 heteroatoms. The van der Waals surface area contributed by atoms with Gasteiger partial charge in [0.2, 0.25) is 0 Å². The third kappa shape index (κ3) is 1.25. The summed E-state index contributed by atoms with van der Waals surface area (Å²) in [5, 5.41) is 10.0. The molecule has 1 nitrogen and oxygen atoms in total. The molecule has 0 radical (unpaired) electrons. The van der Waals surface area contributed by atoms with E-state index in [-0.39, 0.29) is 11.5 Å². The van der Waals surface area contributed by atoms with Crippen LogP contribution in [0.4, 0.5) is 0 Å². The molecule has 1 fully saturated rings. The molecular weight excluding hydrogens is 172 g/mol. The first-order valence-electron chi connectivity index (χ1n) is 5.82. The van der Waals surface area contributed by atoms with E-state index in [9.17, 15) is 5.11 Å². The van der Waals surface area contributed by atoms with Gasteiger partial charge in [-0.2, -0.15) is 0 Å². The third-order valence-corrected chi connectivity index (χ3v) is 4.58. The molecule has 0 unspecified atom stereocenters. The van der Waals surface area contributed by atoms with Gasteiger partial charge in [0.05, 0.1) is 6.10 Å². The maximum Gasteiger partial charge on any atom is 0.0762 e. The quantitative estimate of drug-likeness (QED) is 0.588. The van der Waals surface area contributed by atoms with Crippen LogP contribution in [0.15, 0.2) is 11.6 Å². The van der Waals surface area contributed by atoms with E-state index < -0.39 is 0 Å². The van der Waals surface area contributed by atoms with Crippen molar-refractivity contribution in [1.82, 2.24) is 0 Å². The van der Waals surface area contributed by atoms with Crippen molar-refractivity contribution in [3.63, 3.8) is 0 Å². The van der Waals surface area contributed by atoms with Crippen LogP contribution in [0.5, 0.6) is 0 Å². The molecule has 0 saturated heterocycles. The maximum absolute atomic E-state index is 10.0. The van der Waals surface area contributed by atoms with Gasteiger partial charge >= 0.3 is 0 Å². The normalized spacial score (nSPS) is 52.8. The van der Waals surface area contributed by atoms with Crippen LogP contribution in [0.25, 0.3) is 0 Å². The molecule has 80 valence electrons. The van der Waals surface area contributed by atoms with Crippen LogP contribution in [-0.4, -0.2) is 11.2 Å². The lowest BCUT2D eigenvalue weighted by molar-refractivity contribution is 0.00689. The lowest BCUT2D eigenvalue weighted by Gasteiger charge is -2.46. The van der Waals surface area contributed by atoms with Crippen molar-refractivity contribution in [2.24, 2.45) is 23.2 Å². The first-order chi connectivity index (χ1) is 6.45. The lowest BCUT2D eigenvalue weighted by Crippen LogP contribution is -2.41. The summed E-state index contributed by atoms with van der Waals surface area (Å²) >= 11 is 0. The van der Waals surface area contributed by atoms with Crippen molar-refractivity contribution in [3.05, 3.63) is 11.6 Å². The predicted molar refractivity (Wildman–Crippen MR) is 58.9 cm³/mol. The lowest BCUT2D eigenvalue weighted by atomic mass is 9.59. The molecule has 0 aromatic heterocycles. The molecule has 0 heterocycles. The second-order valence-electron chi connectivity index (χ2n) is 5.81. The SMILES string of the molecule is CC1=C[C@@H](O)[C@@H]2[C@@H](C)C[C@@H](C)C[C@@]12C. The minimum absolute atomic E-state index is 0.192. The molecule has 14 heavy (non-hydrogen) atoms. The van der Waals surface area contributed by atoms with Gasteiger partial charge in [-0.15, -0.1) is 0 Å². The zero-order chi connectivity index (χ0) is 10.5. The second-order valence-corrected chi connectivity index (χ2v) is 5.81. The average Bonchev–Trinajstić information content (AvgIpc) is 2.21. The minimum atomic E-state index is -0.192. The Balaban J connectivity index is 2.33. The van der Waals surface area contributed by atoms with Gasteiger partial charge in [0.1, 0.15) is 0 Å². The zero-order valence-electron chi connectivity index (χ0n) is 9.75. The van der Waals surface area contributed by atoms with E-state index in [0.717, 1.165) is 5.92 Å². The maximum atomic E-state index is 10.0. The average molecular weight is 194 g/mol. The zero-order valence-corrected chi connectivity index (χ0v) is 9.75. The van der Waals surface area contributed by atoms with Gasteiger partial charge in [-0.25, -0.2) is 0 Å². The number of aliphatic hydroxyl groups excluding tert-OH is 1. The topological polar surface area (TPSA) is 20.2 Å². The van der Waals surface area contributed by atoms with Crippen molar-refractivity contribution in [2.75, 3.05) is 0 Å². The van der Waals surface area contributed by atoms with E-state index >= 15 is 0 Å². The molecular formula is C13H22O. The number of fused-ring (bicyclic) bond motifs is 1. The fourth-order valence-corrected chi connectivity index (χ4v) is 4.04. The van der Waals surface area contributed by atoms with E-state index in [4.69, 9.17) is 0 Å². The van der Waals surface area contributed by atoms with Crippen LogP contribution < -0.4 is 0 Å². The number of hydrogen-bond donors (Lipinski definition) is 1. The van der Waals surface area contributed by atoms with Crippen molar-refractivity contribution >= 4 is 0 Å². The standard InChI is InChI=1S/C13H22O/c1-8-5-9(2)12-11(14)6-10(3)13(12,4)7-8/h6,8-9,11-12,14H,5,7H2,1-4H3/t8-,9+,11-,12+,13+/m1/s1. The summed E-state index contributed by atoms with van der Waals surface area (Å²) < 4.78 is 0. The van der Waals surface area contributed by atoms with Gasteiger partial charge in [-0.1, -0.05) is 32.4 Å². The molecule has 1 saturated carbocycles. The van der Waals surface area contributed by atoms with Crippen molar-refractivity contribution in [3.8, 4) is 0 Å². The van der Waals surface area contributed by atoms with E-state index in [0.29, 0.717) is 11.8 Å². The fraction of sp³-hybridized carbons (Fsp3) is 0.846. The molecule has 2 aliphatic rings. The molecule has 2 aliphatic carbocycles. The third-order valence-electron chi connectivity index (χ3n) is 4.58. The Morgan fingerprint density at radius 1 is 1.43 bits per heavy atom. The Kier molecular flexibility index (Phi) is 2.26. The predicted octanol–water partition coefficient (Wildman–Crippen LogP) is 3.00.